The van der Waals surface area contributed by atoms with E-state index >= 15 is 0 Å². The van der Waals surface area contributed by atoms with E-state index in [1.54, 1.807) is 6.92 Å². The topological polar surface area (TPSA) is 26.3 Å². The second-order valence-corrected chi connectivity index (χ2v) is 7.84. The highest BCUT2D eigenvalue weighted by atomic mass is 35.5. The molecular formula is C20H34Cl2O2. The maximum atomic E-state index is 10.5. The predicted octanol–water partition coefficient (Wildman–Crippen LogP) is 7.00. The average Bonchev–Trinajstić information content (AvgIpc) is 2.60. The Morgan fingerprint density at radius 1 is 1.08 bits per heavy atom. The van der Waals surface area contributed by atoms with Crippen molar-refractivity contribution in [3.05, 3.63) is 35.9 Å². The second kappa shape index (κ2) is 14.6. The lowest BCUT2D eigenvalue weighted by atomic mass is 9.99. The number of carbonyl (C=O) groups excluding carboxylic acids is 1. The molecular weight excluding hydrogens is 343 g/mol. The van der Waals surface area contributed by atoms with E-state index in [-0.39, 0.29) is 11.9 Å². The van der Waals surface area contributed by atoms with Crippen molar-refractivity contribution in [1.29, 1.82) is 0 Å². The summed E-state index contributed by atoms with van der Waals surface area (Å²) in [5.74, 6) is 0.647. The monoisotopic (exact) mass is 376 g/mol. The minimum Gasteiger partial charge on any atom is -0.469 e. The summed E-state index contributed by atoms with van der Waals surface area (Å²) >= 11 is 11.0. The molecule has 0 spiro atoms. The van der Waals surface area contributed by atoms with Crippen molar-refractivity contribution in [2.24, 2.45) is 5.92 Å². The molecule has 0 N–H and O–H groups in total. The molecule has 0 aliphatic rings. The van der Waals surface area contributed by atoms with Crippen LogP contribution >= 0.6 is 23.2 Å². The number of ether oxygens (including phenoxy) is 1. The van der Waals surface area contributed by atoms with E-state index in [2.05, 4.69) is 48.9 Å². The second-order valence-electron chi connectivity index (χ2n) is 5.98. The molecule has 0 heterocycles. The molecule has 2 atom stereocenters. The van der Waals surface area contributed by atoms with Gasteiger partial charge in [-0.05, 0) is 37.7 Å². The van der Waals surface area contributed by atoms with Gasteiger partial charge in [0.05, 0.1) is 13.0 Å². The van der Waals surface area contributed by atoms with Gasteiger partial charge in [-0.25, -0.2) is 0 Å². The first-order valence-electron chi connectivity index (χ1n) is 8.63. The fraction of sp³-hybridized carbons (Fsp3) is 0.650. The van der Waals surface area contributed by atoms with Gasteiger partial charge in [0.15, 0.2) is 0 Å². The molecule has 2 unspecified atom stereocenters. The largest absolute Gasteiger partial charge is 0.469 e. The Morgan fingerprint density at radius 3 is 1.79 bits per heavy atom. The van der Waals surface area contributed by atoms with Crippen LogP contribution in [0.3, 0.4) is 0 Å². The van der Waals surface area contributed by atoms with Crippen molar-refractivity contribution in [2.45, 2.75) is 71.1 Å². The van der Waals surface area contributed by atoms with Gasteiger partial charge in [0.1, 0.15) is 4.33 Å². The number of methoxy groups -OCH3 is 1. The van der Waals surface area contributed by atoms with Gasteiger partial charge < -0.3 is 4.74 Å². The van der Waals surface area contributed by atoms with Crippen LogP contribution in [0.15, 0.2) is 30.3 Å². The average molecular weight is 377 g/mol. The Kier molecular flexibility index (Phi) is 15.5. The molecule has 0 fully saturated rings. The maximum absolute atomic E-state index is 10.5. The van der Waals surface area contributed by atoms with Crippen molar-refractivity contribution in [3.63, 3.8) is 0 Å². The van der Waals surface area contributed by atoms with Crippen LogP contribution in [0.25, 0.3) is 0 Å². The van der Waals surface area contributed by atoms with E-state index in [1.165, 1.54) is 19.1 Å². The molecule has 2 nitrogen and oxygen atoms in total. The number of hydrogen-bond acceptors (Lipinski definition) is 2. The summed E-state index contributed by atoms with van der Waals surface area (Å²) in [6.07, 6.45) is 2.88. The summed E-state index contributed by atoms with van der Waals surface area (Å²) in [7, 11) is 1.41. The summed E-state index contributed by atoms with van der Waals surface area (Å²) in [5, 5.41) is 0. The maximum Gasteiger partial charge on any atom is 0.308 e. The molecule has 0 saturated heterocycles. The molecule has 0 aromatic heterocycles. The molecule has 140 valence electrons. The minimum absolute atomic E-state index is 0.0556. The van der Waals surface area contributed by atoms with Crippen LogP contribution in [0.4, 0.5) is 0 Å². The standard InChI is InChI=1S/C10H14.C6H12O2.C4H8Cl2/c1-3-9(2)10-7-5-4-6-8-10;1-4-5(2)6(7)8-3;1-3-4(2,5)6/h4-9H,3H2,1-2H3;5H,4H2,1-3H3;3H2,1-2H3. The first kappa shape index (κ1) is 25.5. The van der Waals surface area contributed by atoms with Crippen LogP contribution in [0.5, 0.6) is 0 Å². The van der Waals surface area contributed by atoms with Crippen molar-refractivity contribution < 1.29 is 9.53 Å². The first-order chi connectivity index (χ1) is 11.1. The fourth-order valence-electron chi connectivity index (χ4n) is 1.39. The highest BCUT2D eigenvalue weighted by molar-refractivity contribution is 6.48. The quantitative estimate of drug-likeness (QED) is 0.408. The molecule has 1 aromatic carbocycles. The Bertz CT molecular complexity index is 413. The van der Waals surface area contributed by atoms with Gasteiger partial charge in [-0.3, -0.25) is 4.79 Å². The van der Waals surface area contributed by atoms with E-state index in [1.807, 2.05) is 20.8 Å². The van der Waals surface area contributed by atoms with Crippen LogP contribution in [0.1, 0.15) is 72.3 Å². The lowest BCUT2D eigenvalue weighted by Gasteiger charge is -2.06. The number of hydrogen-bond donors (Lipinski definition) is 0. The van der Waals surface area contributed by atoms with Crippen LogP contribution in [-0.4, -0.2) is 17.4 Å². The summed E-state index contributed by atoms with van der Waals surface area (Å²) < 4.78 is 3.95. The predicted molar refractivity (Wildman–Crippen MR) is 107 cm³/mol. The Morgan fingerprint density at radius 2 is 1.54 bits per heavy atom. The molecule has 1 aromatic rings. The van der Waals surface area contributed by atoms with Crippen LogP contribution in [0.2, 0.25) is 0 Å². The normalized spacial score (nSPS) is 12.7. The van der Waals surface area contributed by atoms with Crippen LogP contribution in [-0.2, 0) is 9.53 Å². The van der Waals surface area contributed by atoms with Gasteiger partial charge in [0.2, 0.25) is 0 Å². The number of rotatable bonds is 5. The van der Waals surface area contributed by atoms with Crippen LogP contribution in [0, 0.1) is 5.92 Å². The highest BCUT2D eigenvalue weighted by Crippen LogP contribution is 2.22. The summed E-state index contributed by atoms with van der Waals surface area (Å²) in [5.41, 5.74) is 1.45. The number of halogens is 2. The van der Waals surface area contributed by atoms with Crippen molar-refractivity contribution in [3.8, 4) is 0 Å². The van der Waals surface area contributed by atoms with E-state index < -0.39 is 4.33 Å². The van der Waals surface area contributed by atoms with Gasteiger partial charge in [-0.1, -0.05) is 65.0 Å². The van der Waals surface area contributed by atoms with Crippen LogP contribution < -0.4 is 0 Å². The molecule has 24 heavy (non-hydrogen) atoms. The molecule has 0 saturated carbocycles. The summed E-state index contributed by atoms with van der Waals surface area (Å²) in [6, 6.07) is 10.6. The number of carbonyl (C=O) groups is 1. The third kappa shape index (κ3) is 14.8. The van der Waals surface area contributed by atoms with Crippen molar-refractivity contribution in [1.82, 2.24) is 0 Å². The third-order valence-electron chi connectivity index (χ3n) is 3.82. The molecule has 0 aliphatic heterocycles. The zero-order chi connectivity index (χ0) is 19.2. The van der Waals surface area contributed by atoms with E-state index in [9.17, 15) is 4.79 Å². The Hall–Kier alpha value is -0.730. The van der Waals surface area contributed by atoms with Gasteiger partial charge in [-0.15, -0.1) is 23.2 Å². The van der Waals surface area contributed by atoms with E-state index in [0.29, 0.717) is 5.92 Å². The number of esters is 1. The Labute approximate surface area is 158 Å². The summed E-state index contributed by atoms with van der Waals surface area (Å²) in [6.45, 7) is 12.0. The lowest BCUT2D eigenvalue weighted by Crippen LogP contribution is -2.10. The van der Waals surface area contributed by atoms with E-state index in [4.69, 9.17) is 23.2 Å². The summed E-state index contributed by atoms with van der Waals surface area (Å²) in [4.78, 5) is 10.5. The SMILES string of the molecule is CCC(C)(Cl)Cl.CCC(C)C(=O)OC.CCC(C)c1ccccc1. The minimum atomic E-state index is -0.514. The number of benzene rings is 1. The number of alkyl halides is 2. The van der Waals surface area contributed by atoms with Crippen molar-refractivity contribution >= 4 is 29.2 Å². The van der Waals surface area contributed by atoms with Crippen molar-refractivity contribution in [2.75, 3.05) is 7.11 Å². The smallest absolute Gasteiger partial charge is 0.308 e. The zero-order valence-corrected chi connectivity index (χ0v) is 17.7. The Balaban J connectivity index is 0. The van der Waals surface area contributed by atoms with Gasteiger partial charge in [0.25, 0.3) is 0 Å². The highest BCUT2D eigenvalue weighted by Gasteiger charge is 2.10. The van der Waals surface area contributed by atoms with E-state index in [0.717, 1.165) is 12.8 Å². The third-order valence-corrected chi connectivity index (χ3v) is 4.35. The molecule has 0 aliphatic carbocycles. The van der Waals surface area contributed by atoms with Gasteiger partial charge in [-0.2, -0.15) is 0 Å². The molecule has 0 radical (unpaired) electrons. The van der Waals surface area contributed by atoms with Gasteiger partial charge in [0, 0.05) is 0 Å². The fourth-order valence-corrected chi connectivity index (χ4v) is 1.39. The zero-order valence-electron chi connectivity index (χ0n) is 16.2. The molecule has 0 amide bonds. The molecule has 0 bridgehead atoms. The first-order valence-corrected chi connectivity index (χ1v) is 9.38. The molecule has 1 rings (SSSR count). The van der Waals surface area contributed by atoms with Gasteiger partial charge >= 0.3 is 5.97 Å². The molecule has 4 heteroatoms. The lowest BCUT2D eigenvalue weighted by molar-refractivity contribution is -0.144.